The Balaban J connectivity index is 2.02. The summed E-state index contributed by atoms with van der Waals surface area (Å²) in [5, 5.41) is 5.00. The highest BCUT2D eigenvalue weighted by Gasteiger charge is 2.28. The minimum absolute atomic E-state index is 0.0998. The van der Waals surface area contributed by atoms with Gasteiger partial charge in [-0.15, -0.1) is 0 Å². The molecule has 25 heavy (non-hydrogen) atoms. The lowest BCUT2D eigenvalue weighted by Crippen LogP contribution is -2.97. The van der Waals surface area contributed by atoms with E-state index in [-0.39, 0.29) is 16.8 Å². The Morgan fingerprint density at radius 2 is 1.96 bits per heavy atom. The van der Waals surface area contributed by atoms with E-state index < -0.39 is 10.0 Å². The van der Waals surface area contributed by atoms with Crippen LogP contribution in [0.2, 0.25) is 0 Å². The van der Waals surface area contributed by atoms with Crippen LogP contribution >= 0.6 is 0 Å². The first-order chi connectivity index (χ1) is 11.7. The predicted octanol–water partition coefficient (Wildman–Crippen LogP) is 1.41. The van der Waals surface area contributed by atoms with E-state index >= 15 is 0 Å². The van der Waals surface area contributed by atoms with Crippen molar-refractivity contribution in [1.29, 1.82) is 0 Å². The molecule has 0 aliphatic heterocycles. The molecule has 6 nitrogen and oxygen atoms in total. The van der Waals surface area contributed by atoms with Gasteiger partial charge in [-0.2, -0.15) is 0 Å². The Hall–Kier alpha value is -1.44. The highest BCUT2D eigenvalue weighted by atomic mass is 32.2. The van der Waals surface area contributed by atoms with Crippen LogP contribution < -0.4 is 10.6 Å². The summed E-state index contributed by atoms with van der Waals surface area (Å²) < 4.78 is 25.6. The van der Waals surface area contributed by atoms with Crippen LogP contribution in [0.4, 0.5) is 5.69 Å². The Bertz CT molecular complexity index is 703. The number of nitrogens with one attached hydrogen (secondary N) is 1. The van der Waals surface area contributed by atoms with Crippen LogP contribution in [0, 0.1) is 5.92 Å². The topological polar surface area (TPSA) is 83.1 Å². The van der Waals surface area contributed by atoms with E-state index in [0.29, 0.717) is 17.6 Å². The standard InChI is InChI=1S/C18H29N3O3S/c1-13-8-5-6-11-17(13)19-14(2)18(22)20-15-9-7-10-16(12-15)25(23,24)21(3)4/h7,9-10,12-14,17,19H,5-6,8,11H2,1-4H3,(H,20,22)/p+1/t13-,14-,17-/m0/s1. The van der Waals surface area contributed by atoms with E-state index in [1.54, 1.807) is 12.1 Å². The first-order valence-electron chi connectivity index (χ1n) is 8.90. The number of hydrogen-bond acceptors (Lipinski definition) is 3. The van der Waals surface area contributed by atoms with Crippen LogP contribution in [-0.4, -0.2) is 44.8 Å². The van der Waals surface area contributed by atoms with Gasteiger partial charge in [-0.05, 0) is 44.4 Å². The highest BCUT2D eigenvalue weighted by Crippen LogP contribution is 2.21. The Kier molecular flexibility index (Phi) is 6.59. The predicted molar refractivity (Wildman–Crippen MR) is 98.8 cm³/mol. The minimum Gasteiger partial charge on any atom is -0.334 e. The van der Waals surface area contributed by atoms with Crippen molar-refractivity contribution in [2.75, 3.05) is 19.4 Å². The number of nitrogens with zero attached hydrogens (tertiary/aromatic N) is 1. The molecule has 0 aromatic heterocycles. The zero-order valence-electron chi connectivity index (χ0n) is 15.5. The Labute approximate surface area is 151 Å². The number of nitrogens with two attached hydrogens (primary N) is 1. The number of benzene rings is 1. The minimum atomic E-state index is -3.51. The monoisotopic (exact) mass is 368 g/mol. The molecule has 1 amide bonds. The number of hydrogen-bond donors (Lipinski definition) is 2. The number of quaternary nitrogens is 1. The summed E-state index contributed by atoms with van der Waals surface area (Å²) in [5.41, 5.74) is 0.505. The SMILES string of the molecule is C[C@H]([NH2+][C@H]1CCCC[C@@H]1C)C(=O)Nc1cccc(S(=O)(=O)N(C)C)c1. The lowest BCUT2D eigenvalue weighted by molar-refractivity contribution is -0.714. The molecule has 1 aliphatic rings. The second kappa shape index (κ2) is 8.29. The van der Waals surface area contributed by atoms with Crippen LogP contribution in [0.3, 0.4) is 0 Å². The van der Waals surface area contributed by atoms with Crippen LogP contribution in [0.1, 0.15) is 39.5 Å². The van der Waals surface area contributed by atoms with Crippen molar-refractivity contribution in [3.63, 3.8) is 0 Å². The lowest BCUT2D eigenvalue weighted by atomic mass is 9.85. The van der Waals surface area contributed by atoms with Crippen molar-refractivity contribution in [3.05, 3.63) is 24.3 Å². The number of carbonyl (C=O) groups excluding carboxylic acids is 1. The van der Waals surface area contributed by atoms with Gasteiger partial charge in [-0.25, -0.2) is 12.7 Å². The maximum absolute atomic E-state index is 12.5. The van der Waals surface area contributed by atoms with Gasteiger partial charge in [0, 0.05) is 25.7 Å². The van der Waals surface area contributed by atoms with Crippen molar-refractivity contribution >= 4 is 21.6 Å². The number of sulfonamides is 1. The molecule has 3 N–H and O–H groups in total. The quantitative estimate of drug-likeness (QED) is 0.796. The molecule has 0 saturated heterocycles. The third-order valence-electron chi connectivity index (χ3n) is 5.01. The summed E-state index contributed by atoms with van der Waals surface area (Å²) in [6, 6.07) is 6.66. The van der Waals surface area contributed by atoms with E-state index in [0.717, 1.165) is 10.7 Å². The van der Waals surface area contributed by atoms with Gasteiger partial charge in [0.05, 0.1) is 10.9 Å². The largest absolute Gasteiger partial charge is 0.334 e. The molecule has 1 fully saturated rings. The van der Waals surface area contributed by atoms with E-state index in [2.05, 4.69) is 17.6 Å². The van der Waals surface area contributed by atoms with Crippen molar-refractivity contribution < 1.29 is 18.5 Å². The second-order valence-electron chi connectivity index (χ2n) is 7.21. The van der Waals surface area contributed by atoms with Crippen molar-refractivity contribution in [2.45, 2.75) is 56.5 Å². The molecule has 0 unspecified atom stereocenters. The van der Waals surface area contributed by atoms with Gasteiger partial charge >= 0.3 is 0 Å². The zero-order valence-corrected chi connectivity index (χ0v) is 16.3. The molecule has 1 aromatic carbocycles. The number of carbonyl (C=O) groups is 1. The first kappa shape index (κ1) is 19.9. The molecule has 3 atom stereocenters. The maximum atomic E-state index is 12.5. The normalized spacial score (nSPS) is 22.6. The summed E-state index contributed by atoms with van der Waals surface area (Å²) >= 11 is 0. The summed E-state index contributed by atoms with van der Waals surface area (Å²) in [4.78, 5) is 12.7. The van der Waals surface area contributed by atoms with Gasteiger partial charge in [0.1, 0.15) is 0 Å². The van der Waals surface area contributed by atoms with Gasteiger partial charge in [0.15, 0.2) is 6.04 Å². The summed E-state index contributed by atoms with van der Waals surface area (Å²) in [5.74, 6) is 0.523. The summed E-state index contributed by atoms with van der Waals surface area (Å²) in [6.07, 6.45) is 4.87. The van der Waals surface area contributed by atoms with E-state index in [4.69, 9.17) is 0 Å². The average molecular weight is 369 g/mol. The zero-order chi connectivity index (χ0) is 18.6. The Morgan fingerprint density at radius 3 is 2.60 bits per heavy atom. The Morgan fingerprint density at radius 1 is 1.28 bits per heavy atom. The van der Waals surface area contributed by atoms with Gasteiger partial charge in [-0.3, -0.25) is 4.79 Å². The fourth-order valence-electron chi connectivity index (χ4n) is 3.29. The molecule has 0 spiro atoms. The fraction of sp³-hybridized carbons (Fsp3) is 0.611. The number of anilines is 1. The van der Waals surface area contributed by atoms with Gasteiger partial charge in [0.25, 0.3) is 5.91 Å². The summed E-state index contributed by atoms with van der Waals surface area (Å²) in [7, 11) is -0.533. The van der Waals surface area contributed by atoms with Crippen molar-refractivity contribution in [2.24, 2.45) is 5.92 Å². The highest BCUT2D eigenvalue weighted by molar-refractivity contribution is 7.89. The van der Waals surface area contributed by atoms with Crippen LogP contribution in [-0.2, 0) is 14.8 Å². The molecule has 0 heterocycles. The molecule has 2 rings (SSSR count). The maximum Gasteiger partial charge on any atom is 0.282 e. The van der Waals surface area contributed by atoms with Crippen LogP contribution in [0.15, 0.2) is 29.2 Å². The molecular weight excluding hydrogens is 338 g/mol. The number of amides is 1. The molecule has 7 heteroatoms. The fourth-order valence-corrected chi connectivity index (χ4v) is 4.24. The van der Waals surface area contributed by atoms with E-state index in [9.17, 15) is 13.2 Å². The molecule has 1 aromatic rings. The van der Waals surface area contributed by atoms with Crippen LogP contribution in [0.5, 0.6) is 0 Å². The van der Waals surface area contributed by atoms with Gasteiger partial charge in [-0.1, -0.05) is 19.4 Å². The molecule has 0 radical (unpaired) electrons. The average Bonchev–Trinajstić information content (AvgIpc) is 2.57. The molecular formula is C18H30N3O3S+. The van der Waals surface area contributed by atoms with Gasteiger partial charge in [0.2, 0.25) is 10.0 Å². The first-order valence-corrected chi connectivity index (χ1v) is 10.3. The molecule has 0 bridgehead atoms. The lowest BCUT2D eigenvalue weighted by Gasteiger charge is -2.28. The van der Waals surface area contributed by atoms with E-state index in [1.165, 1.54) is 45.5 Å². The smallest absolute Gasteiger partial charge is 0.282 e. The third kappa shape index (κ3) is 5.03. The van der Waals surface area contributed by atoms with Crippen LogP contribution in [0.25, 0.3) is 0 Å². The molecule has 140 valence electrons. The third-order valence-corrected chi connectivity index (χ3v) is 6.82. The van der Waals surface area contributed by atoms with Crippen molar-refractivity contribution in [1.82, 2.24) is 4.31 Å². The van der Waals surface area contributed by atoms with Gasteiger partial charge < -0.3 is 10.6 Å². The second-order valence-corrected chi connectivity index (χ2v) is 9.36. The molecule has 1 saturated carbocycles. The number of rotatable bonds is 6. The van der Waals surface area contributed by atoms with Crippen molar-refractivity contribution in [3.8, 4) is 0 Å². The summed E-state index contributed by atoms with van der Waals surface area (Å²) in [6.45, 7) is 4.15. The van der Waals surface area contributed by atoms with E-state index in [1.807, 2.05) is 6.92 Å². The molecule has 1 aliphatic carbocycles.